The van der Waals surface area contributed by atoms with E-state index in [2.05, 4.69) is 23.7 Å². The van der Waals surface area contributed by atoms with Crippen molar-refractivity contribution in [2.24, 2.45) is 0 Å². The number of hydrogen-bond donors (Lipinski definition) is 1. The molecule has 0 bridgehead atoms. The monoisotopic (exact) mass is 271 g/mol. The van der Waals surface area contributed by atoms with E-state index >= 15 is 0 Å². The molecule has 0 unspecified atom stereocenters. The lowest BCUT2D eigenvalue weighted by Crippen LogP contribution is -2.22. The highest BCUT2D eigenvalue weighted by atomic mass is 32.2. The van der Waals surface area contributed by atoms with Crippen LogP contribution in [-0.4, -0.2) is 12.2 Å². The quantitative estimate of drug-likeness (QED) is 0.860. The molecule has 0 heterocycles. The van der Waals surface area contributed by atoms with Crippen molar-refractivity contribution in [1.82, 2.24) is 5.32 Å². The fourth-order valence-electron chi connectivity index (χ4n) is 1.81. The minimum absolute atomic E-state index is 0.0300. The van der Waals surface area contributed by atoms with Gasteiger partial charge in [0.25, 0.3) is 5.91 Å². The minimum atomic E-state index is -0.0300. The second-order valence-electron chi connectivity index (χ2n) is 4.40. The molecule has 2 nitrogen and oxygen atoms in total. The van der Waals surface area contributed by atoms with Gasteiger partial charge in [-0.1, -0.05) is 29.8 Å². The predicted molar refractivity (Wildman–Crippen MR) is 80.6 cm³/mol. The van der Waals surface area contributed by atoms with Crippen molar-refractivity contribution in [3.05, 3.63) is 65.2 Å². The van der Waals surface area contributed by atoms with E-state index in [0.29, 0.717) is 12.1 Å². The summed E-state index contributed by atoms with van der Waals surface area (Å²) >= 11 is 1.71. The summed E-state index contributed by atoms with van der Waals surface area (Å²) in [6.07, 6.45) is 2.05. The zero-order valence-electron chi connectivity index (χ0n) is 11.1. The molecule has 3 heteroatoms. The summed E-state index contributed by atoms with van der Waals surface area (Å²) < 4.78 is 0. The van der Waals surface area contributed by atoms with Gasteiger partial charge in [0.15, 0.2) is 0 Å². The average molecular weight is 271 g/mol. The smallest absolute Gasteiger partial charge is 0.251 e. The Balaban J connectivity index is 1.96. The molecule has 0 spiro atoms. The van der Waals surface area contributed by atoms with Crippen LogP contribution in [0.15, 0.2) is 53.4 Å². The summed E-state index contributed by atoms with van der Waals surface area (Å²) in [5, 5.41) is 2.93. The predicted octanol–water partition coefficient (Wildman–Crippen LogP) is 3.65. The molecule has 2 aromatic rings. The second kappa shape index (κ2) is 6.43. The maximum absolute atomic E-state index is 12.0. The molecule has 0 aliphatic carbocycles. The number of benzene rings is 2. The molecule has 1 N–H and O–H groups in total. The highest BCUT2D eigenvalue weighted by molar-refractivity contribution is 7.98. The number of carbonyl (C=O) groups is 1. The summed E-state index contributed by atoms with van der Waals surface area (Å²) in [6.45, 7) is 2.54. The summed E-state index contributed by atoms with van der Waals surface area (Å²) in [5.74, 6) is -0.0300. The topological polar surface area (TPSA) is 29.1 Å². The van der Waals surface area contributed by atoms with Gasteiger partial charge in [0.2, 0.25) is 0 Å². The lowest BCUT2D eigenvalue weighted by atomic mass is 10.1. The van der Waals surface area contributed by atoms with Crippen LogP contribution in [-0.2, 0) is 6.54 Å². The number of hydrogen-bond acceptors (Lipinski definition) is 2. The SMILES string of the molecule is CSc1ccc(CNC(=O)c2cccc(C)c2)cc1. The number of carbonyl (C=O) groups excluding carboxylic acids is 1. The number of amides is 1. The van der Waals surface area contributed by atoms with E-state index in [0.717, 1.165) is 11.1 Å². The van der Waals surface area contributed by atoms with Gasteiger partial charge in [-0.25, -0.2) is 0 Å². The molecule has 2 rings (SSSR count). The number of thioether (sulfide) groups is 1. The highest BCUT2D eigenvalue weighted by Crippen LogP contribution is 2.14. The zero-order chi connectivity index (χ0) is 13.7. The summed E-state index contributed by atoms with van der Waals surface area (Å²) in [4.78, 5) is 13.2. The van der Waals surface area contributed by atoms with Gasteiger partial charge in [-0.2, -0.15) is 0 Å². The van der Waals surface area contributed by atoms with Crippen LogP contribution in [0, 0.1) is 6.92 Å². The third-order valence-corrected chi connectivity index (χ3v) is 3.64. The molecule has 0 aliphatic rings. The Morgan fingerprint density at radius 3 is 2.53 bits per heavy atom. The molecule has 2 aromatic carbocycles. The third kappa shape index (κ3) is 3.86. The van der Waals surface area contributed by atoms with Gasteiger partial charge in [-0.05, 0) is 43.0 Å². The van der Waals surface area contributed by atoms with E-state index in [-0.39, 0.29) is 5.91 Å². The van der Waals surface area contributed by atoms with Crippen LogP contribution < -0.4 is 5.32 Å². The molecular weight excluding hydrogens is 254 g/mol. The van der Waals surface area contributed by atoms with Gasteiger partial charge >= 0.3 is 0 Å². The summed E-state index contributed by atoms with van der Waals surface area (Å²) in [6, 6.07) is 15.8. The largest absolute Gasteiger partial charge is 0.348 e. The Hall–Kier alpha value is -1.74. The molecule has 0 saturated carbocycles. The Morgan fingerprint density at radius 2 is 1.89 bits per heavy atom. The normalized spacial score (nSPS) is 10.2. The molecule has 0 aliphatic heterocycles. The van der Waals surface area contributed by atoms with Gasteiger partial charge in [0.05, 0.1) is 0 Å². The molecule has 19 heavy (non-hydrogen) atoms. The molecule has 0 aromatic heterocycles. The van der Waals surface area contributed by atoms with Crippen LogP contribution in [0.25, 0.3) is 0 Å². The van der Waals surface area contributed by atoms with Crippen LogP contribution >= 0.6 is 11.8 Å². The van der Waals surface area contributed by atoms with E-state index in [4.69, 9.17) is 0 Å². The number of aryl methyl sites for hydroxylation is 1. The van der Waals surface area contributed by atoms with Crippen LogP contribution in [0.1, 0.15) is 21.5 Å². The van der Waals surface area contributed by atoms with E-state index in [1.165, 1.54) is 4.90 Å². The van der Waals surface area contributed by atoms with E-state index in [1.54, 1.807) is 11.8 Å². The van der Waals surface area contributed by atoms with Crippen LogP contribution in [0.2, 0.25) is 0 Å². The molecule has 0 atom stereocenters. The minimum Gasteiger partial charge on any atom is -0.348 e. The van der Waals surface area contributed by atoms with Crippen molar-refractivity contribution >= 4 is 17.7 Å². The first-order chi connectivity index (χ1) is 9.19. The van der Waals surface area contributed by atoms with Crippen molar-refractivity contribution in [1.29, 1.82) is 0 Å². The Labute approximate surface area is 118 Å². The van der Waals surface area contributed by atoms with Crippen molar-refractivity contribution in [3.8, 4) is 0 Å². The van der Waals surface area contributed by atoms with Gasteiger partial charge in [0, 0.05) is 17.0 Å². The molecule has 0 fully saturated rings. The Bertz CT molecular complexity index is 563. The molecular formula is C16H17NOS. The molecule has 98 valence electrons. The van der Waals surface area contributed by atoms with Crippen molar-refractivity contribution in [2.45, 2.75) is 18.4 Å². The number of rotatable bonds is 4. The first kappa shape index (κ1) is 13.7. The van der Waals surface area contributed by atoms with Crippen LogP contribution in [0.3, 0.4) is 0 Å². The van der Waals surface area contributed by atoms with E-state index in [9.17, 15) is 4.79 Å². The number of nitrogens with one attached hydrogen (secondary N) is 1. The highest BCUT2D eigenvalue weighted by Gasteiger charge is 2.04. The first-order valence-corrected chi connectivity index (χ1v) is 7.39. The average Bonchev–Trinajstić information content (AvgIpc) is 2.45. The molecule has 0 radical (unpaired) electrons. The van der Waals surface area contributed by atoms with Gasteiger partial charge in [-0.15, -0.1) is 11.8 Å². The van der Waals surface area contributed by atoms with Crippen LogP contribution in [0.4, 0.5) is 0 Å². The Kier molecular flexibility index (Phi) is 4.63. The fourth-order valence-corrected chi connectivity index (χ4v) is 2.22. The van der Waals surface area contributed by atoms with Crippen molar-refractivity contribution in [3.63, 3.8) is 0 Å². The maximum atomic E-state index is 12.0. The fraction of sp³-hybridized carbons (Fsp3) is 0.188. The van der Waals surface area contributed by atoms with E-state index in [1.807, 2.05) is 43.3 Å². The van der Waals surface area contributed by atoms with Crippen molar-refractivity contribution in [2.75, 3.05) is 6.26 Å². The van der Waals surface area contributed by atoms with E-state index < -0.39 is 0 Å². The van der Waals surface area contributed by atoms with Crippen LogP contribution in [0.5, 0.6) is 0 Å². The van der Waals surface area contributed by atoms with Crippen molar-refractivity contribution < 1.29 is 4.79 Å². The summed E-state index contributed by atoms with van der Waals surface area (Å²) in [7, 11) is 0. The molecule has 1 amide bonds. The maximum Gasteiger partial charge on any atom is 0.251 e. The lowest BCUT2D eigenvalue weighted by molar-refractivity contribution is 0.0951. The zero-order valence-corrected chi connectivity index (χ0v) is 12.0. The third-order valence-electron chi connectivity index (χ3n) is 2.89. The van der Waals surface area contributed by atoms with Gasteiger partial charge in [0.1, 0.15) is 0 Å². The standard InChI is InChI=1S/C16H17NOS/c1-12-4-3-5-14(10-12)16(18)17-11-13-6-8-15(19-2)9-7-13/h3-10H,11H2,1-2H3,(H,17,18). The van der Waals surface area contributed by atoms with Gasteiger partial charge < -0.3 is 5.32 Å². The van der Waals surface area contributed by atoms with Gasteiger partial charge in [-0.3, -0.25) is 4.79 Å². The lowest BCUT2D eigenvalue weighted by Gasteiger charge is -2.06. The summed E-state index contributed by atoms with van der Waals surface area (Å²) in [5.41, 5.74) is 2.91. The first-order valence-electron chi connectivity index (χ1n) is 6.17. The second-order valence-corrected chi connectivity index (χ2v) is 5.28. The Morgan fingerprint density at radius 1 is 1.16 bits per heavy atom. The molecule has 0 saturated heterocycles.